The zero-order chi connectivity index (χ0) is 12.3. The number of hydrogen-bond donors (Lipinski definition) is 1. The van der Waals surface area contributed by atoms with Crippen LogP contribution in [0.5, 0.6) is 5.75 Å². The number of aromatic nitrogens is 2. The summed E-state index contributed by atoms with van der Waals surface area (Å²) < 4.78 is 8.09. The summed E-state index contributed by atoms with van der Waals surface area (Å²) >= 11 is 9.21. The second-order valence-electron chi connectivity index (χ2n) is 3.30. The lowest BCUT2D eigenvalue weighted by atomic mass is 10.3. The van der Waals surface area contributed by atoms with Crippen molar-refractivity contribution in [3.8, 4) is 5.75 Å². The van der Waals surface area contributed by atoms with Gasteiger partial charge in [0.1, 0.15) is 11.9 Å². The Morgan fingerprint density at radius 3 is 3.00 bits per heavy atom. The molecule has 0 saturated carbocycles. The highest BCUT2D eigenvalue weighted by Gasteiger charge is 2.06. The minimum atomic E-state index is 0.292. The van der Waals surface area contributed by atoms with Crippen LogP contribution in [-0.2, 0) is 6.73 Å². The maximum absolute atomic E-state index is 5.84. The van der Waals surface area contributed by atoms with E-state index in [1.807, 2.05) is 0 Å². The number of halogens is 2. The van der Waals surface area contributed by atoms with Crippen molar-refractivity contribution in [1.82, 2.24) is 4.98 Å². The zero-order valence-electron chi connectivity index (χ0n) is 8.81. The van der Waals surface area contributed by atoms with Gasteiger partial charge in [0, 0.05) is 11.1 Å². The maximum Gasteiger partial charge on any atom is 0.391 e. The van der Waals surface area contributed by atoms with Gasteiger partial charge in [0.25, 0.3) is 0 Å². The first-order valence-electron chi connectivity index (χ1n) is 4.84. The Labute approximate surface area is 112 Å². The number of benzene rings is 1. The molecule has 0 saturated heterocycles. The highest BCUT2D eigenvalue weighted by Crippen LogP contribution is 2.27. The SMILES string of the molecule is Nc1nccc[n+]1COc1ccc(Cl)cc1Br. The van der Waals surface area contributed by atoms with E-state index in [0.717, 1.165) is 4.47 Å². The van der Waals surface area contributed by atoms with E-state index in [0.29, 0.717) is 23.5 Å². The lowest BCUT2D eigenvalue weighted by Crippen LogP contribution is -2.40. The first kappa shape index (κ1) is 12.1. The van der Waals surface area contributed by atoms with E-state index in [9.17, 15) is 0 Å². The molecule has 0 aliphatic heterocycles. The summed E-state index contributed by atoms with van der Waals surface area (Å²) in [4.78, 5) is 3.96. The second kappa shape index (κ2) is 5.33. The summed E-state index contributed by atoms with van der Waals surface area (Å²) in [7, 11) is 0. The molecule has 0 spiro atoms. The quantitative estimate of drug-likeness (QED) is 0.885. The Morgan fingerprint density at radius 2 is 2.29 bits per heavy atom. The molecule has 0 unspecified atom stereocenters. The van der Waals surface area contributed by atoms with Crippen LogP contribution < -0.4 is 15.0 Å². The van der Waals surface area contributed by atoms with Crippen molar-refractivity contribution >= 4 is 33.5 Å². The van der Waals surface area contributed by atoms with Crippen LogP contribution in [0.3, 0.4) is 0 Å². The molecule has 17 heavy (non-hydrogen) atoms. The van der Waals surface area contributed by atoms with Gasteiger partial charge in [-0.05, 0) is 34.1 Å². The minimum Gasteiger partial charge on any atom is -0.459 e. The Kier molecular flexibility index (Phi) is 3.81. The maximum atomic E-state index is 5.84. The normalized spacial score (nSPS) is 10.2. The molecule has 2 N–H and O–H groups in total. The number of ether oxygens (including phenoxy) is 1. The van der Waals surface area contributed by atoms with Crippen LogP contribution in [0.15, 0.2) is 41.1 Å². The zero-order valence-corrected chi connectivity index (χ0v) is 11.1. The number of nitrogens with two attached hydrogens (primary N) is 1. The smallest absolute Gasteiger partial charge is 0.391 e. The molecule has 0 fully saturated rings. The fourth-order valence-electron chi connectivity index (χ4n) is 1.25. The fourth-order valence-corrected chi connectivity index (χ4v) is 2.05. The summed E-state index contributed by atoms with van der Waals surface area (Å²) in [6, 6.07) is 7.11. The van der Waals surface area contributed by atoms with Crippen molar-refractivity contribution in [2.24, 2.45) is 0 Å². The molecular formula is C11H10BrClN3O+. The van der Waals surface area contributed by atoms with E-state index in [4.69, 9.17) is 22.1 Å². The predicted octanol–water partition coefficient (Wildman–Crippen LogP) is 2.40. The van der Waals surface area contributed by atoms with Crippen molar-refractivity contribution in [3.63, 3.8) is 0 Å². The molecule has 0 amide bonds. The molecule has 0 aliphatic carbocycles. The summed E-state index contributed by atoms with van der Waals surface area (Å²) in [5.74, 6) is 1.10. The third kappa shape index (κ3) is 3.08. The Bertz CT molecular complexity index is 536. The van der Waals surface area contributed by atoms with Crippen molar-refractivity contribution in [2.45, 2.75) is 6.73 Å². The van der Waals surface area contributed by atoms with Crippen LogP contribution >= 0.6 is 27.5 Å². The molecular weight excluding hydrogens is 305 g/mol. The van der Waals surface area contributed by atoms with Gasteiger partial charge in [-0.1, -0.05) is 16.6 Å². The van der Waals surface area contributed by atoms with Crippen LogP contribution in [0, 0.1) is 0 Å². The van der Waals surface area contributed by atoms with Crippen LogP contribution in [-0.4, -0.2) is 4.98 Å². The summed E-state index contributed by atoms with van der Waals surface area (Å²) in [6.07, 6.45) is 3.43. The number of nitrogens with zero attached hydrogens (tertiary/aromatic N) is 2. The topological polar surface area (TPSA) is 52.0 Å². The van der Waals surface area contributed by atoms with E-state index in [1.54, 1.807) is 41.2 Å². The van der Waals surface area contributed by atoms with Crippen LogP contribution in [0.25, 0.3) is 0 Å². The van der Waals surface area contributed by atoms with E-state index in [-0.39, 0.29) is 0 Å². The standard InChI is InChI=1S/C11H9BrClN3O/c12-9-6-8(13)2-3-10(9)17-7-16-5-1-4-15-11(16)14/h1-6,14H,7H2/p+1. The molecule has 1 aromatic heterocycles. The molecule has 0 radical (unpaired) electrons. The molecule has 4 nitrogen and oxygen atoms in total. The van der Waals surface area contributed by atoms with E-state index < -0.39 is 0 Å². The molecule has 88 valence electrons. The molecule has 1 aromatic carbocycles. The Balaban J connectivity index is 2.10. The highest BCUT2D eigenvalue weighted by molar-refractivity contribution is 9.10. The van der Waals surface area contributed by atoms with Gasteiger partial charge in [0.2, 0.25) is 6.73 Å². The average Bonchev–Trinajstić information content (AvgIpc) is 2.30. The van der Waals surface area contributed by atoms with Crippen LogP contribution in [0.2, 0.25) is 5.02 Å². The van der Waals surface area contributed by atoms with Gasteiger partial charge >= 0.3 is 5.95 Å². The van der Waals surface area contributed by atoms with Gasteiger partial charge in [0.05, 0.1) is 10.7 Å². The minimum absolute atomic E-state index is 0.292. The first-order valence-corrected chi connectivity index (χ1v) is 6.01. The van der Waals surface area contributed by atoms with E-state index in [1.165, 1.54) is 0 Å². The molecule has 2 rings (SSSR count). The summed E-state index contributed by atoms with van der Waals surface area (Å²) in [6.45, 7) is 0.292. The number of hydrogen-bond acceptors (Lipinski definition) is 3. The first-order chi connectivity index (χ1) is 8.16. The number of nitrogen functional groups attached to an aromatic ring is 1. The van der Waals surface area contributed by atoms with Crippen LogP contribution in [0.4, 0.5) is 5.95 Å². The number of anilines is 1. The number of rotatable bonds is 3. The predicted molar refractivity (Wildman–Crippen MR) is 68.6 cm³/mol. The summed E-state index contributed by atoms with van der Waals surface area (Å²) in [5, 5.41) is 0.651. The molecule has 2 aromatic rings. The molecule has 0 aliphatic rings. The third-order valence-electron chi connectivity index (χ3n) is 2.11. The molecule has 0 atom stereocenters. The Hall–Kier alpha value is -1.33. The van der Waals surface area contributed by atoms with Crippen molar-refractivity contribution in [1.29, 1.82) is 0 Å². The van der Waals surface area contributed by atoms with Crippen LogP contribution in [0.1, 0.15) is 0 Å². The molecule has 6 heteroatoms. The van der Waals surface area contributed by atoms with Gasteiger partial charge in [-0.15, -0.1) is 0 Å². The lowest BCUT2D eigenvalue weighted by Gasteiger charge is -2.08. The fraction of sp³-hybridized carbons (Fsp3) is 0.0909. The van der Waals surface area contributed by atoms with Gasteiger partial charge < -0.3 is 4.74 Å². The van der Waals surface area contributed by atoms with Gasteiger partial charge in [-0.25, -0.2) is 4.57 Å². The molecule has 0 bridgehead atoms. The second-order valence-corrected chi connectivity index (χ2v) is 4.59. The molecule has 1 heterocycles. The largest absolute Gasteiger partial charge is 0.459 e. The van der Waals surface area contributed by atoms with Gasteiger partial charge in [0.15, 0.2) is 0 Å². The van der Waals surface area contributed by atoms with E-state index in [2.05, 4.69) is 20.9 Å². The Morgan fingerprint density at radius 1 is 1.47 bits per heavy atom. The van der Waals surface area contributed by atoms with E-state index >= 15 is 0 Å². The highest BCUT2D eigenvalue weighted by atomic mass is 79.9. The van der Waals surface area contributed by atoms with Gasteiger partial charge in [-0.2, -0.15) is 0 Å². The average molecular weight is 316 g/mol. The third-order valence-corrected chi connectivity index (χ3v) is 2.96. The van der Waals surface area contributed by atoms with Crippen molar-refractivity contribution in [2.75, 3.05) is 5.73 Å². The lowest BCUT2D eigenvalue weighted by molar-refractivity contribution is -0.713. The monoisotopic (exact) mass is 314 g/mol. The van der Waals surface area contributed by atoms with Gasteiger partial charge in [-0.3, -0.25) is 5.73 Å². The van der Waals surface area contributed by atoms with Crippen molar-refractivity contribution in [3.05, 3.63) is 46.2 Å². The van der Waals surface area contributed by atoms with Crippen molar-refractivity contribution < 1.29 is 9.30 Å². The summed E-state index contributed by atoms with van der Waals surface area (Å²) in [5.41, 5.74) is 5.69.